The summed E-state index contributed by atoms with van der Waals surface area (Å²) in [5.74, 6) is 2.70. The van der Waals surface area contributed by atoms with Gasteiger partial charge < -0.3 is 10.6 Å². The van der Waals surface area contributed by atoms with Crippen LogP contribution in [0.2, 0.25) is 0 Å². The lowest BCUT2D eigenvalue weighted by atomic mass is 10.1. The number of benzene rings is 1. The van der Waals surface area contributed by atoms with E-state index in [1.54, 1.807) is 0 Å². The highest BCUT2D eigenvalue weighted by Gasteiger charge is 2.10. The number of hydrogen-bond acceptors (Lipinski definition) is 2. The third kappa shape index (κ3) is 3.76. The van der Waals surface area contributed by atoms with Crippen molar-refractivity contribution in [3.63, 3.8) is 0 Å². The molecule has 0 aliphatic carbocycles. The summed E-state index contributed by atoms with van der Waals surface area (Å²) in [5.41, 5.74) is 8.12. The topological polar surface area (TPSA) is 29.3 Å². The first-order chi connectivity index (χ1) is 8.10. The van der Waals surface area contributed by atoms with E-state index in [-0.39, 0.29) is 6.04 Å². The summed E-state index contributed by atoms with van der Waals surface area (Å²) >= 11 is 3.59. The van der Waals surface area contributed by atoms with Gasteiger partial charge in [-0.2, -0.15) is 0 Å². The molecule has 2 nitrogen and oxygen atoms in total. The van der Waals surface area contributed by atoms with Crippen LogP contribution in [-0.2, 0) is 0 Å². The molecule has 2 N–H and O–H groups in total. The fraction of sp³-hybridized carbons (Fsp3) is 0.429. The zero-order valence-electron chi connectivity index (χ0n) is 10.4. The second-order valence-corrected chi connectivity index (χ2v) is 4.98. The van der Waals surface area contributed by atoms with Gasteiger partial charge in [0.25, 0.3) is 0 Å². The van der Waals surface area contributed by atoms with Crippen LogP contribution in [0.3, 0.4) is 0 Å². The Bertz CT molecular complexity index is 407. The molecule has 0 heterocycles. The largest absolute Gasteiger partial charge is 0.359 e. The Morgan fingerprint density at radius 1 is 1.53 bits per heavy atom. The minimum Gasteiger partial charge on any atom is -0.359 e. The van der Waals surface area contributed by atoms with E-state index in [4.69, 9.17) is 12.2 Å². The molecule has 3 heteroatoms. The molecule has 1 atom stereocenters. The van der Waals surface area contributed by atoms with Crippen LogP contribution in [0.15, 0.2) is 22.7 Å². The molecule has 0 radical (unpaired) electrons. The van der Waals surface area contributed by atoms with Crippen molar-refractivity contribution in [1.29, 1.82) is 0 Å². The molecule has 1 rings (SSSR count). The molecule has 0 aliphatic rings. The predicted molar refractivity (Wildman–Crippen MR) is 78.1 cm³/mol. The summed E-state index contributed by atoms with van der Waals surface area (Å²) in [6, 6.07) is 6.26. The molecule has 0 amide bonds. The highest BCUT2D eigenvalue weighted by atomic mass is 79.9. The molecule has 0 saturated carbocycles. The standard InChI is InChI=1S/C14H19BrN2/c1-4-8-17(9-5-2)14-7-6-12(11(3)16)10-13(14)15/h1,6-7,10-11H,5,8-9,16H2,2-3H3/t11-/m0/s1. The maximum absolute atomic E-state index is 5.86. The first kappa shape index (κ1) is 14.1. The molecule has 0 aliphatic heterocycles. The summed E-state index contributed by atoms with van der Waals surface area (Å²) < 4.78 is 1.05. The van der Waals surface area contributed by atoms with E-state index >= 15 is 0 Å². The molecule has 0 saturated heterocycles. The van der Waals surface area contributed by atoms with Crippen LogP contribution in [0.4, 0.5) is 5.69 Å². The van der Waals surface area contributed by atoms with Gasteiger partial charge >= 0.3 is 0 Å². The second-order valence-electron chi connectivity index (χ2n) is 4.13. The Kier molecular flexibility index (Phi) is 5.54. The van der Waals surface area contributed by atoms with Gasteiger partial charge in [0.15, 0.2) is 0 Å². The van der Waals surface area contributed by atoms with Crippen molar-refractivity contribution in [2.45, 2.75) is 26.3 Å². The maximum atomic E-state index is 5.86. The number of hydrogen-bond donors (Lipinski definition) is 1. The van der Waals surface area contributed by atoms with Crippen molar-refractivity contribution in [3.8, 4) is 12.3 Å². The van der Waals surface area contributed by atoms with E-state index in [2.05, 4.69) is 51.9 Å². The lowest BCUT2D eigenvalue weighted by Crippen LogP contribution is -2.24. The minimum absolute atomic E-state index is 0.0487. The first-order valence-electron chi connectivity index (χ1n) is 5.83. The van der Waals surface area contributed by atoms with Gasteiger partial charge in [0.1, 0.15) is 0 Å². The van der Waals surface area contributed by atoms with Gasteiger partial charge in [0.2, 0.25) is 0 Å². The monoisotopic (exact) mass is 294 g/mol. The zero-order valence-corrected chi connectivity index (χ0v) is 12.0. The number of anilines is 1. The van der Waals surface area contributed by atoms with Crippen LogP contribution in [0.25, 0.3) is 0 Å². The molecule has 92 valence electrons. The van der Waals surface area contributed by atoms with Crippen molar-refractivity contribution < 1.29 is 0 Å². The normalized spacial score (nSPS) is 11.9. The molecule has 0 bridgehead atoms. The lowest BCUT2D eigenvalue weighted by molar-refractivity contribution is 0.806. The molecule has 1 aromatic carbocycles. The summed E-state index contributed by atoms with van der Waals surface area (Å²) in [6.45, 7) is 5.71. The summed E-state index contributed by atoms with van der Waals surface area (Å²) in [4.78, 5) is 2.19. The maximum Gasteiger partial charge on any atom is 0.0792 e. The molecular weight excluding hydrogens is 276 g/mol. The Balaban J connectivity index is 3.00. The number of halogens is 1. The van der Waals surface area contributed by atoms with Crippen LogP contribution in [0.5, 0.6) is 0 Å². The molecule has 0 fully saturated rings. The first-order valence-corrected chi connectivity index (χ1v) is 6.62. The van der Waals surface area contributed by atoms with Crippen LogP contribution in [0, 0.1) is 12.3 Å². The van der Waals surface area contributed by atoms with Gasteiger partial charge in [-0.25, -0.2) is 0 Å². The van der Waals surface area contributed by atoms with Gasteiger partial charge in [-0.15, -0.1) is 6.42 Å². The lowest BCUT2D eigenvalue weighted by Gasteiger charge is -2.23. The van der Waals surface area contributed by atoms with E-state index in [0.717, 1.165) is 28.7 Å². The molecule has 0 unspecified atom stereocenters. The molecule has 17 heavy (non-hydrogen) atoms. The Hall–Kier alpha value is -0.980. The van der Waals surface area contributed by atoms with Gasteiger partial charge in [-0.3, -0.25) is 0 Å². The fourth-order valence-electron chi connectivity index (χ4n) is 1.73. The number of nitrogens with zero attached hydrogens (tertiary/aromatic N) is 1. The van der Waals surface area contributed by atoms with Crippen LogP contribution >= 0.6 is 15.9 Å². The van der Waals surface area contributed by atoms with Gasteiger partial charge in [0, 0.05) is 17.1 Å². The summed E-state index contributed by atoms with van der Waals surface area (Å²) in [7, 11) is 0. The van der Waals surface area contributed by atoms with Crippen molar-refractivity contribution in [1.82, 2.24) is 0 Å². The predicted octanol–water partition coefficient (Wildman–Crippen LogP) is 3.32. The number of rotatable bonds is 5. The van der Waals surface area contributed by atoms with E-state index < -0.39 is 0 Å². The summed E-state index contributed by atoms with van der Waals surface area (Å²) in [6.07, 6.45) is 6.47. The van der Waals surface area contributed by atoms with Crippen molar-refractivity contribution in [2.24, 2.45) is 5.73 Å². The van der Waals surface area contributed by atoms with Gasteiger partial charge in [-0.1, -0.05) is 18.9 Å². The SMILES string of the molecule is C#CCN(CCC)c1ccc([C@H](C)N)cc1Br. The van der Waals surface area contributed by atoms with E-state index in [0.29, 0.717) is 6.54 Å². The average molecular weight is 295 g/mol. The van der Waals surface area contributed by atoms with E-state index in [1.165, 1.54) is 0 Å². The number of nitrogens with two attached hydrogens (primary N) is 1. The third-order valence-electron chi connectivity index (χ3n) is 2.61. The fourth-order valence-corrected chi connectivity index (χ4v) is 2.37. The molecular formula is C14H19BrN2. The Morgan fingerprint density at radius 3 is 2.71 bits per heavy atom. The minimum atomic E-state index is 0.0487. The van der Waals surface area contributed by atoms with E-state index in [1.807, 2.05) is 6.92 Å². The van der Waals surface area contributed by atoms with Crippen LogP contribution in [0.1, 0.15) is 31.9 Å². The van der Waals surface area contributed by atoms with Crippen molar-refractivity contribution >= 4 is 21.6 Å². The molecule has 0 spiro atoms. The second kappa shape index (κ2) is 6.68. The third-order valence-corrected chi connectivity index (χ3v) is 3.25. The van der Waals surface area contributed by atoms with Crippen LogP contribution in [-0.4, -0.2) is 13.1 Å². The quantitative estimate of drug-likeness (QED) is 0.844. The van der Waals surface area contributed by atoms with Crippen LogP contribution < -0.4 is 10.6 Å². The van der Waals surface area contributed by atoms with Crippen molar-refractivity contribution in [3.05, 3.63) is 28.2 Å². The van der Waals surface area contributed by atoms with Gasteiger partial charge in [0.05, 0.1) is 12.2 Å². The average Bonchev–Trinajstić information content (AvgIpc) is 2.28. The van der Waals surface area contributed by atoms with Crippen molar-refractivity contribution in [2.75, 3.05) is 18.0 Å². The van der Waals surface area contributed by atoms with Gasteiger partial charge in [-0.05, 0) is 47.0 Å². The Morgan fingerprint density at radius 2 is 2.24 bits per heavy atom. The number of terminal acetylenes is 1. The van der Waals surface area contributed by atoms with E-state index in [9.17, 15) is 0 Å². The highest BCUT2D eigenvalue weighted by molar-refractivity contribution is 9.10. The Labute approximate surface area is 112 Å². The zero-order chi connectivity index (χ0) is 12.8. The smallest absolute Gasteiger partial charge is 0.0792 e. The summed E-state index contributed by atoms with van der Waals surface area (Å²) in [5, 5.41) is 0. The highest BCUT2D eigenvalue weighted by Crippen LogP contribution is 2.29. The molecule has 0 aromatic heterocycles. The molecule has 1 aromatic rings.